The Morgan fingerprint density at radius 2 is 1.73 bits per heavy atom. The molecule has 22 heavy (non-hydrogen) atoms. The van der Waals surface area contributed by atoms with Crippen LogP contribution in [0.2, 0.25) is 0 Å². The largest absolute Gasteiger partial charge is 0.438 e. The summed E-state index contributed by atoms with van der Waals surface area (Å²) in [6, 6.07) is 15.0. The van der Waals surface area contributed by atoms with Crippen molar-refractivity contribution in [1.82, 2.24) is 4.98 Å². The van der Waals surface area contributed by atoms with Crippen LogP contribution in [-0.4, -0.2) is 4.98 Å². The van der Waals surface area contributed by atoms with Crippen LogP contribution in [0.15, 0.2) is 42.6 Å². The van der Waals surface area contributed by atoms with Gasteiger partial charge in [0.1, 0.15) is 5.75 Å². The van der Waals surface area contributed by atoms with Gasteiger partial charge in [-0.25, -0.2) is 4.98 Å². The Kier molecular flexibility index (Phi) is 4.44. The van der Waals surface area contributed by atoms with E-state index in [-0.39, 0.29) is 5.41 Å². The van der Waals surface area contributed by atoms with Crippen molar-refractivity contribution < 1.29 is 4.74 Å². The number of nitriles is 2. The number of benzene rings is 1. The van der Waals surface area contributed by atoms with Crippen molar-refractivity contribution >= 4 is 0 Å². The third-order valence-electron chi connectivity index (χ3n) is 3.27. The van der Waals surface area contributed by atoms with Crippen LogP contribution in [0, 0.1) is 22.7 Å². The fourth-order valence-corrected chi connectivity index (χ4v) is 2.16. The lowest BCUT2D eigenvalue weighted by molar-refractivity contribution is 0.435. The van der Waals surface area contributed by atoms with Crippen LogP contribution in [0.1, 0.15) is 37.8 Å². The van der Waals surface area contributed by atoms with E-state index >= 15 is 0 Å². The molecule has 0 spiro atoms. The molecule has 0 bridgehead atoms. The molecule has 0 saturated heterocycles. The zero-order valence-corrected chi connectivity index (χ0v) is 12.9. The number of aromatic nitrogens is 1. The zero-order valence-electron chi connectivity index (χ0n) is 12.9. The minimum absolute atomic E-state index is 0.0879. The Bertz CT molecular complexity index is 734. The van der Waals surface area contributed by atoms with Gasteiger partial charge < -0.3 is 4.74 Å². The van der Waals surface area contributed by atoms with Crippen LogP contribution in [0.3, 0.4) is 0 Å². The van der Waals surface area contributed by atoms with Gasteiger partial charge in [0.25, 0.3) is 0 Å². The molecule has 2 aromatic rings. The average molecular weight is 291 g/mol. The molecule has 0 atom stereocenters. The summed E-state index contributed by atoms with van der Waals surface area (Å²) in [4.78, 5) is 4.19. The van der Waals surface area contributed by atoms with E-state index in [0.717, 1.165) is 5.56 Å². The summed E-state index contributed by atoms with van der Waals surface area (Å²) < 4.78 is 5.94. The molecule has 4 nitrogen and oxygen atoms in total. The van der Waals surface area contributed by atoms with E-state index < -0.39 is 5.92 Å². The second-order valence-corrected chi connectivity index (χ2v) is 5.94. The van der Waals surface area contributed by atoms with Crippen molar-refractivity contribution in [2.75, 3.05) is 0 Å². The fourth-order valence-electron chi connectivity index (χ4n) is 2.16. The van der Waals surface area contributed by atoms with Crippen LogP contribution in [0.5, 0.6) is 11.6 Å². The van der Waals surface area contributed by atoms with Gasteiger partial charge >= 0.3 is 0 Å². The number of hydrogen-bond donors (Lipinski definition) is 0. The van der Waals surface area contributed by atoms with Crippen molar-refractivity contribution in [3.63, 3.8) is 0 Å². The first-order valence-electron chi connectivity index (χ1n) is 6.99. The lowest BCUT2D eigenvalue weighted by atomic mass is 9.86. The Balaban J connectivity index is 2.46. The molecule has 0 saturated carbocycles. The van der Waals surface area contributed by atoms with Gasteiger partial charge in [-0.3, -0.25) is 0 Å². The minimum atomic E-state index is -0.898. The number of nitrogens with zero attached hydrogens (tertiary/aromatic N) is 3. The van der Waals surface area contributed by atoms with Crippen LogP contribution in [0.25, 0.3) is 0 Å². The van der Waals surface area contributed by atoms with E-state index in [1.165, 1.54) is 0 Å². The molecule has 0 fully saturated rings. The van der Waals surface area contributed by atoms with E-state index in [2.05, 4.69) is 25.8 Å². The second-order valence-electron chi connectivity index (χ2n) is 5.94. The lowest BCUT2D eigenvalue weighted by Crippen LogP contribution is -2.12. The predicted molar refractivity (Wildman–Crippen MR) is 83.4 cm³/mol. The average Bonchev–Trinajstić information content (AvgIpc) is 2.49. The van der Waals surface area contributed by atoms with E-state index in [1.54, 1.807) is 18.3 Å². The number of pyridine rings is 1. The first-order chi connectivity index (χ1) is 10.5. The van der Waals surface area contributed by atoms with Gasteiger partial charge in [-0.05, 0) is 23.6 Å². The highest BCUT2D eigenvalue weighted by Crippen LogP contribution is 2.35. The summed E-state index contributed by atoms with van der Waals surface area (Å²) in [7, 11) is 0. The number of rotatable bonds is 3. The van der Waals surface area contributed by atoms with Gasteiger partial charge in [0.05, 0.1) is 12.1 Å². The van der Waals surface area contributed by atoms with Crippen LogP contribution in [0.4, 0.5) is 0 Å². The maximum absolute atomic E-state index is 9.10. The Morgan fingerprint density at radius 3 is 2.36 bits per heavy atom. The van der Waals surface area contributed by atoms with Gasteiger partial charge in [0.2, 0.25) is 5.88 Å². The molecule has 0 N–H and O–H groups in total. The van der Waals surface area contributed by atoms with Gasteiger partial charge in [-0.2, -0.15) is 10.5 Å². The van der Waals surface area contributed by atoms with E-state index in [0.29, 0.717) is 17.2 Å². The van der Waals surface area contributed by atoms with E-state index in [9.17, 15) is 0 Å². The molecule has 2 rings (SSSR count). The standard InChI is InChI=1S/C18H17N3O/c1-18(2,3)15-8-4-5-9-16(15)22-17-14(7-6-10-21-17)13(11-19)12-20/h4-10,13H,1-3H3. The molecular formula is C18H17N3O. The Hall–Kier alpha value is -2.85. The molecule has 1 aromatic heterocycles. The molecule has 0 aliphatic carbocycles. The van der Waals surface area contributed by atoms with Gasteiger partial charge in [0.15, 0.2) is 5.92 Å². The Labute approximate surface area is 130 Å². The molecule has 110 valence electrons. The highest BCUT2D eigenvalue weighted by Gasteiger charge is 2.21. The van der Waals surface area contributed by atoms with E-state index in [1.807, 2.05) is 36.4 Å². The lowest BCUT2D eigenvalue weighted by Gasteiger charge is -2.22. The van der Waals surface area contributed by atoms with Crippen molar-refractivity contribution in [3.8, 4) is 23.8 Å². The molecule has 4 heteroatoms. The minimum Gasteiger partial charge on any atom is -0.438 e. The van der Waals surface area contributed by atoms with Crippen molar-refractivity contribution in [2.45, 2.75) is 32.1 Å². The van der Waals surface area contributed by atoms with Crippen LogP contribution in [-0.2, 0) is 5.41 Å². The summed E-state index contributed by atoms with van der Waals surface area (Å²) in [5.74, 6) is 0.0855. The molecule has 0 aliphatic rings. The molecule has 0 unspecified atom stereocenters. The number of para-hydroxylation sites is 1. The topological polar surface area (TPSA) is 69.7 Å². The number of hydrogen-bond acceptors (Lipinski definition) is 4. The first kappa shape index (κ1) is 15.5. The molecule has 0 aliphatic heterocycles. The van der Waals surface area contributed by atoms with E-state index in [4.69, 9.17) is 15.3 Å². The molecule has 0 amide bonds. The zero-order chi connectivity index (χ0) is 16.2. The first-order valence-corrected chi connectivity index (χ1v) is 6.99. The summed E-state index contributed by atoms with van der Waals surface area (Å²) in [6.45, 7) is 6.30. The van der Waals surface area contributed by atoms with Crippen molar-refractivity contribution in [3.05, 3.63) is 53.7 Å². The maximum atomic E-state index is 9.10. The highest BCUT2D eigenvalue weighted by molar-refractivity contribution is 5.44. The van der Waals surface area contributed by atoms with Gasteiger partial charge in [-0.1, -0.05) is 39.0 Å². The van der Waals surface area contributed by atoms with Crippen molar-refractivity contribution in [2.24, 2.45) is 0 Å². The molecule has 1 heterocycles. The molecule has 0 radical (unpaired) electrons. The Morgan fingerprint density at radius 1 is 1.05 bits per heavy atom. The normalized spacial score (nSPS) is 10.8. The third-order valence-corrected chi connectivity index (χ3v) is 3.27. The predicted octanol–water partition coefficient (Wildman–Crippen LogP) is 4.30. The maximum Gasteiger partial charge on any atom is 0.224 e. The fraction of sp³-hybridized carbons (Fsp3) is 0.278. The molecular weight excluding hydrogens is 274 g/mol. The number of ether oxygens (including phenoxy) is 1. The SMILES string of the molecule is CC(C)(C)c1ccccc1Oc1ncccc1C(C#N)C#N. The van der Waals surface area contributed by atoms with Crippen LogP contribution < -0.4 is 4.74 Å². The van der Waals surface area contributed by atoms with Gasteiger partial charge in [0, 0.05) is 17.3 Å². The monoisotopic (exact) mass is 291 g/mol. The highest BCUT2D eigenvalue weighted by atomic mass is 16.5. The van der Waals surface area contributed by atoms with Crippen LogP contribution >= 0.6 is 0 Å². The summed E-state index contributed by atoms with van der Waals surface area (Å²) >= 11 is 0. The summed E-state index contributed by atoms with van der Waals surface area (Å²) in [5, 5.41) is 18.2. The molecule has 1 aromatic carbocycles. The summed E-state index contributed by atoms with van der Waals surface area (Å²) in [6.07, 6.45) is 1.59. The van der Waals surface area contributed by atoms with Crippen molar-refractivity contribution in [1.29, 1.82) is 10.5 Å². The second kappa shape index (κ2) is 6.28. The third kappa shape index (κ3) is 3.24. The van der Waals surface area contributed by atoms with Gasteiger partial charge in [-0.15, -0.1) is 0 Å². The quantitative estimate of drug-likeness (QED) is 0.845. The summed E-state index contributed by atoms with van der Waals surface area (Å²) in [5.41, 5.74) is 1.43. The smallest absolute Gasteiger partial charge is 0.224 e.